The second kappa shape index (κ2) is 5.66. The van der Waals surface area contributed by atoms with Crippen LogP contribution >= 0.6 is 0 Å². The second-order valence-corrected chi connectivity index (χ2v) is 6.67. The van der Waals surface area contributed by atoms with Crippen LogP contribution in [-0.4, -0.2) is 45.6 Å². The maximum atomic E-state index is 12.5. The third kappa shape index (κ3) is 2.23. The standard InChI is InChI=1S/C17H20N4O3/c1-2-14(22)20-16(12-4-3-5-13(10-12)21(23)24)17-15(18-20)11-6-8-19(17)9-7-11/h3-5,10-11,16-17H,2,6-9H2,1H3/t16-,17+/m1/s1. The summed E-state index contributed by atoms with van der Waals surface area (Å²) < 4.78 is 0. The molecule has 24 heavy (non-hydrogen) atoms. The molecule has 2 bridgehead atoms. The minimum Gasteiger partial charge on any atom is -0.293 e. The van der Waals surface area contributed by atoms with Crippen molar-refractivity contribution < 1.29 is 9.72 Å². The molecule has 0 aliphatic carbocycles. The van der Waals surface area contributed by atoms with Gasteiger partial charge in [0.1, 0.15) is 6.04 Å². The number of amides is 1. The summed E-state index contributed by atoms with van der Waals surface area (Å²) in [4.78, 5) is 25.6. The number of nitrogens with zero attached hydrogens (tertiary/aromatic N) is 4. The van der Waals surface area contributed by atoms with Gasteiger partial charge in [-0.25, -0.2) is 5.01 Å². The van der Waals surface area contributed by atoms with Crippen molar-refractivity contribution in [2.24, 2.45) is 11.0 Å². The van der Waals surface area contributed by atoms with Crippen molar-refractivity contribution in [3.05, 3.63) is 39.9 Å². The summed E-state index contributed by atoms with van der Waals surface area (Å²) in [6.07, 6.45) is 2.55. The lowest BCUT2D eigenvalue weighted by Gasteiger charge is -2.46. The Balaban J connectivity index is 1.78. The molecular weight excluding hydrogens is 308 g/mol. The molecule has 0 radical (unpaired) electrons. The molecule has 0 saturated carbocycles. The number of nitro benzene ring substituents is 1. The lowest BCUT2D eigenvalue weighted by molar-refractivity contribution is -0.385. The van der Waals surface area contributed by atoms with Gasteiger partial charge in [0.25, 0.3) is 5.69 Å². The second-order valence-electron chi connectivity index (χ2n) is 6.67. The van der Waals surface area contributed by atoms with Gasteiger partial charge in [-0.05, 0) is 31.5 Å². The van der Waals surface area contributed by atoms with E-state index in [2.05, 4.69) is 10.0 Å². The maximum absolute atomic E-state index is 12.5. The van der Waals surface area contributed by atoms with Gasteiger partial charge >= 0.3 is 0 Å². The summed E-state index contributed by atoms with van der Waals surface area (Å²) in [5.41, 5.74) is 1.94. The van der Waals surface area contributed by atoms with Crippen LogP contribution in [0.3, 0.4) is 0 Å². The minimum atomic E-state index is -0.389. The lowest BCUT2D eigenvalue weighted by atomic mass is 9.78. The molecule has 3 fully saturated rings. The molecule has 0 N–H and O–H groups in total. The van der Waals surface area contributed by atoms with E-state index in [1.165, 1.54) is 6.07 Å². The first-order valence-corrected chi connectivity index (χ1v) is 8.49. The number of fused-ring (bicyclic) bond motifs is 2. The molecule has 0 unspecified atom stereocenters. The van der Waals surface area contributed by atoms with Gasteiger partial charge < -0.3 is 0 Å². The molecule has 0 aromatic heterocycles. The van der Waals surface area contributed by atoms with Gasteiger partial charge in [0.15, 0.2) is 0 Å². The Labute approximate surface area is 140 Å². The Morgan fingerprint density at radius 1 is 1.33 bits per heavy atom. The number of hydrogen-bond donors (Lipinski definition) is 0. The van der Waals surface area contributed by atoms with E-state index < -0.39 is 0 Å². The molecular formula is C17H20N4O3. The first kappa shape index (κ1) is 15.3. The number of non-ortho nitro benzene ring substituents is 1. The molecule has 1 aromatic rings. The van der Waals surface area contributed by atoms with Gasteiger partial charge in [-0.15, -0.1) is 0 Å². The first-order valence-electron chi connectivity index (χ1n) is 8.49. The number of benzene rings is 1. The number of hydrogen-bond acceptors (Lipinski definition) is 5. The van der Waals surface area contributed by atoms with E-state index in [1.54, 1.807) is 17.1 Å². The van der Waals surface area contributed by atoms with Gasteiger partial charge in [-0.2, -0.15) is 5.10 Å². The van der Waals surface area contributed by atoms with Crippen LogP contribution in [0.25, 0.3) is 0 Å². The Kier molecular flexibility index (Phi) is 3.60. The van der Waals surface area contributed by atoms with Crippen molar-refractivity contribution >= 4 is 17.3 Å². The van der Waals surface area contributed by atoms with Crippen molar-refractivity contribution in [2.45, 2.75) is 38.3 Å². The zero-order valence-electron chi connectivity index (χ0n) is 13.6. The Hall–Kier alpha value is -2.28. The van der Waals surface area contributed by atoms with Crippen LogP contribution in [0.5, 0.6) is 0 Å². The van der Waals surface area contributed by atoms with Crippen molar-refractivity contribution in [1.82, 2.24) is 9.91 Å². The van der Waals surface area contributed by atoms with Gasteiger partial charge in [0.2, 0.25) is 5.91 Å². The van der Waals surface area contributed by atoms with Gasteiger partial charge in [0, 0.05) is 24.5 Å². The molecule has 0 spiro atoms. The zero-order valence-corrected chi connectivity index (χ0v) is 13.6. The first-order chi connectivity index (χ1) is 11.6. The predicted molar refractivity (Wildman–Crippen MR) is 88.5 cm³/mol. The minimum absolute atomic E-state index is 0.0333. The highest BCUT2D eigenvalue weighted by Gasteiger charge is 2.51. The number of piperidine rings is 3. The van der Waals surface area contributed by atoms with Crippen LogP contribution in [-0.2, 0) is 4.79 Å². The molecule has 4 aliphatic heterocycles. The normalized spacial score (nSPS) is 30.9. The monoisotopic (exact) mass is 328 g/mol. The summed E-state index contributed by atoms with van der Waals surface area (Å²) in [5.74, 6) is 0.407. The summed E-state index contributed by atoms with van der Waals surface area (Å²) in [5, 5.41) is 17.4. The van der Waals surface area contributed by atoms with Crippen LogP contribution in [0.15, 0.2) is 29.4 Å². The van der Waals surface area contributed by atoms with Gasteiger partial charge in [-0.3, -0.25) is 19.8 Å². The SMILES string of the molecule is CCC(=O)N1N=C2C3CCN(CC3)[C@@H]2[C@H]1c1cccc([N+](=O)[O-])c1. The Morgan fingerprint density at radius 2 is 2.08 bits per heavy atom. The molecule has 4 aliphatic rings. The number of rotatable bonds is 3. The van der Waals surface area contributed by atoms with Crippen LogP contribution < -0.4 is 0 Å². The van der Waals surface area contributed by atoms with E-state index in [0.29, 0.717) is 12.3 Å². The summed E-state index contributed by atoms with van der Waals surface area (Å²) in [7, 11) is 0. The maximum Gasteiger partial charge on any atom is 0.269 e. The van der Waals surface area contributed by atoms with Crippen molar-refractivity contribution in [3.8, 4) is 0 Å². The van der Waals surface area contributed by atoms with E-state index in [9.17, 15) is 14.9 Å². The van der Waals surface area contributed by atoms with Crippen molar-refractivity contribution in [3.63, 3.8) is 0 Å². The van der Waals surface area contributed by atoms with E-state index >= 15 is 0 Å². The molecule has 7 heteroatoms. The van der Waals surface area contributed by atoms with Crippen molar-refractivity contribution in [2.75, 3.05) is 13.1 Å². The predicted octanol–water partition coefficient (Wildman–Crippen LogP) is 2.34. The fourth-order valence-electron chi connectivity index (χ4n) is 4.24. The average Bonchev–Trinajstić information content (AvgIpc) is 3.04. The topological polar surface area (TPSA) is 79.0 Å². The van der Waals surface area contributed by atoms with Gasteiger partial charge in [0.05, 0.1) is 16.7 Å². The summed E-state index contributed by atoms with van der Waals surface area (Å²) in [6, 6.07) is 6.44. The highest BCUT2D eigenvalue weighted by molar-refractivity contribution is 5.97. The number of carbonyl (C=O) groups excluding carboxylic acids is 1. The fourth-order valence-corrected chi connectivity index (χ4v) is 4.24. The van der Waals surface area contributed by atoms with Crippen LogP contribution in [0.4, 0.5) is 5.69 Å². The zero-order chi connectivity index (χ0) is 16.8. The molecule has 3 saturated heterocycles. The van der Waals surface area contributed by atoms with E-state index in [1.807, 2.05) is 13.0 Å². The average molecular weight is 328 g/mol. The van der Waals surface area contributed by atoms with E-state index in [0.717, 1.165) is 37.2 Å². The number of nitro groups is 1. The fraction of sp³-hybridized carbons (Fsp3) is 0.529. The summed E-state index contributed by atoms with van der Waals surface area (Å²) in [6.45, 7) is 3.84. The highest BCUT2D eigenvalue weighted by atomic mass is 16.6. The number of hydrazone groups is 1. The largest absolute Gasteiger partial charge is 0.293 e. The van der Waals surface area contributed by atoms with Gasteiger partial charge in [-0.1, -0.05) is 19.1 Å². The van der Waals surface area contributed by atoms with E-state index in [4.69, 9.17) is 0 Å². The smallest absolute Gasteiger partial charge is 0.269 e. The molecule has 5 rings (SSSR count). The third-order valence-electron chi connectivity index (χ3n) is 5.41. The van der Waals surface area contributed by atoms with Crippen LogP contribution in [0.2, 0.25) is 0 Å². The third-order valence-corrected chi connectivity index (χ3v) is 5.41. The molecule has 7 nitrogen and oxygen atoms in total. The van der Waals surface area contributed by atoms with Crippen LogP contribution in [0, 0.1) is 16.0 Å². The number of carbonyl (C=O) groups is 1. The molecule has 1 aromatic carbocycles. The van der Waals surface area contributed by atoms with Crippen molar-refractivity contribution in [1.29, 1.82) is 0 Å². The molecule has 2 atom stereocenters. The molecule has 1 amide bonds. The lowest BCUT2D eigenvalue weighted by Crippen LogP contribution is -2.56. The summed E-state index contributed by atoms with van der Waals surface area (Å²) >= 11 is 0. The Morgan fingerprint density at radius 3 is 2.75 bits per heavy atom. The highest BCUT2D eigenvalue weighted by Crippen LogP contribution is 2.43. The quantitative estimate of drug-likeness (QED) is 0.630. The molecule has 126 valence electrons. The van der Waals surface area contributed by atoms with Crippen LogP contribution in [0.1, 0.15) is 37.8 Å². The molecule has 4 heterocycles. The van der Waals surface area contributed by atoms with E-state index in [-0.39, 0.29) is 28.6 Å². The Bertz CT molecular complexity index is 724.